The molecule has 0 aliphatic rings. The van der Waals surface area contributed by atoms with Crippen molar-refractivity contribution in [1.82, 2.24) is 4.98 Å². The van der Waals surface area contributed by atoms with Gasteiger partial charge in [0.2, 0.25) is 25.8 Å². The molecule has 8 heteroatoms. The van der Waals surface area contributed by atoms with Crippen LogP contribution in [0.25, 0.3) is 10.8 Å². The Hall–Kier alpha value is -1.09. The number of hydrogen-bond donors (Lipinski definition) is 0. The Bertz CT molecular complexity index is 948. The summed E-state index contributed by atoms with van der Waals surface area (Å²) in [5, 5.41) is 2.29. The van der Waals surface area contributed by atoms with E-state index < -0.39 is 9.84 Å². The van der Waals surface area contributed by atoms with Crippen LogP contribution in [0.4, 0.5) is 0 Å². The molecule has 2 heterocycles. The van der Waals surface area contributed by atoms with Crippen LogP contribution in [0.3, 0.4) is 0 Å². The molecular weight excluding hydrogens is 454 g/mol. The lowest BCUT2D eigenvalue weighted by Crippen LogP contribution is -2.04. The maximum Gasteiger partial charge on any atom is 0.238 e. The minimum absolute atomic E-state index is 0.00437. The first-order chi connectivity index (χ1) is 12.5. The molecule has 0 spiro atoms. The van der Waals surface area contributed by atoms with Crippen LogP contribution in [0, 0.1) is 0 Å². The third kappa shape index (κ3) is 4.42. The predicted octanol–water partition coefficient (Wildman–Crippen LogP) is 6.28. The van der Waals surface area contributed by atoms with Crippen molar-refractivity contribution in [3.63, 3.8) is 0 Å². The highest BCUT2D eigenvalue weighted by atomic mass is 79.9. The SMILES string of the molecule is CCCCCSc1oc(-c2cccs2)nc1S(=O)(=O)c1ccc(Br)cc1. The van der Waals surface area contributed by atoms with Crippen LogP contribution in [0.1, 0.15) is 26.2 Å². The highest BCUT2D eigenvalue weighted by Gasteiger charge is 2.28. The van der Waals surface area contributed by atoms with Crippen LogP contribution in [0.15, 0.2) is 65.7 Å². The molecule has 2 aromatic heterocycles. The topological polar surface area (TPSA) is 60.2 Å². The van der Waals surface area contributed by atoms with Gasteiger partial charge in [-0.1, -0.05) is 53.5 Å². The van der Waals surface area contributed by atoms with Crippen molar-refractivity contribution in [3.8, 4) is 10.8 Å². The van der Waals surface area contributed by atoms with E-state index in [2.05, 4.69) is 27.8 Å². The fraction of sp³-hybridized carbons (Fsp3) is 0.278. The van der Waals surface area contributed by atoms with E-state index in [1.54, 1.807) is 24.3 Å². The van der Waals surface area contributed by atoms with Crippen LogP contribution >= 0.6 is 39.0 Å². The number of sulfone groups is 1. The van der Waals surface area contributed by atoms with Crippen molar-refractivity contribution in [2.24, 2.45) is 0 Å². The molecule has 0 bridgehead atoms. The second-order valence-electron chi connectivity index (χ2n) is 5.60. The van der Waals surface area contributed by atoms with Crippen LogP contribution in [-0.4, -0.2) is 19.2 Å². The molecule has 4 nitrogen and oxygen atoms in total. The Labute approximate surface area is 170 Å². The lowest BCUT2D eigenvalue weighted by Gasteiger charge is -2.03. The molecule has 0 fully saturated rings. The van der Waals surface area contributed by atoms with E-state index in [1.165, 1.54) is 23.1 Å². The minimum atomic E-state index is -3.74. The van der Waals surface area contributed by atoms with Gasteiger partial charge in [0.1, 0.15) is 0 Å². The molecule has 3 aromatic rings. The molecule has 0 atom stereocenters. The maximum absolute atomic E-state index is 13.1. The summed E-state index contributed by atoms with van der Waals surface area (Å²) in [5.74, 6) is 1.16. The number of rotatable bonds is 8. The number of thiophene rings is 1. The van der Waals surface area contributed by atoms with Crippen molar-refractivity contribution in [1.29, 1.82) is 0 Å². The van der Waals surface area contributed by atoms with Crippen molar-refractivity contribution < 1.29 is 12.8 Å². The van der Waals surface area contributed by atoms with Gasteiger partial charge in [0.05, 0.1) is 9.77 Å². The first-order valence-electron chi connectivity index (χ1n) is 8.20. The number of unbranched alkanes of at least 4 members (excludes halogenated alkanes) is 2. The average Bonchev–Trinajstić information content (AvgIpc) is 3.29. The highest BCUT2D eigenvalue weighted by molar-refractivity contribution is 9.10. The summed E-state index contributed by atoms with van der Waals surface area (Å²) < 4.78 is 32.8. The summed E-state index contributed by atoms with van der Waals surface area (Å²) in [7, 11) is -3.74. The van der Waals surface area contributed by atoms with E-state index in [-0.39, 0.29) is 9.92 Å². The standard InChI is InChI=1S/C18H18BrNO3S3/c1-2-3-4-11-25-18-17(20-16(23-18)15-6-5-12-24-15)26(21,22)14-9-7-13(19)8-10-14/h5-10,12H,2-4,11H2,1H3. The zero-order chi connectivity index (χ0) is 18.6. The molecule has 0 amide bonds. The third-order valence-electron chi connectivity index (χ3n) is 3.66. The Kier molecular flexibility index (Phi) is 6.60. The average molecular weight is 472 g/mol. The molecule has 0 aliphatic carbocycles. The van der Waals surface area contributed by atoms with Crippen molar-refractivity contribution in [2.45, 2.75) is 41.2 Å². The monoisotopic (exact) mass is 471 g/mol. The zero-order valence-corrected chi connectivity index (χ0v) is 18.2. The quantitative estimate of drug-likeness (QED) is 0.285. The molecule has 0 N–H and O–H groups in total. The van der Waals surface area contributed by atoms with Gasteiger partial charge >= 0.3 is 0 Å². The number of oxazole rings is 1. The van der Waals surface area contributed by atoms with Gasteiger partial charge in [-0.2, -0.15) is 4.98 Å². The summed E-state index contributed by atoms with van der Waals surface area (Å²) in [6.07, 6.45) is 3.23. The fourth-order valence-electron chi connectivity index (χ4n) is 2.30. The van der Waals surface area contributed by atoms with E-state index in [0.29, 0.717) is 11.0 Å². The fourth-order valence-corrected chi connectivity index (χ4v) is 5.74. The van der Waals surface area contributed by atoms with E-state index >= 15 is 0 Å². The van der Waals surface area contributed by atoms with E-state index in [4.69, 9.17) is 4.42 Å². The number of benzene rings is 1. The third-order valence-corrected chi connectivity index (χ3v) is 7.88. The second kappa shape index (κ2) is 8.73. The molecule has 0 aliphatic heterocycles. The maximum atomic E-state index is 13.1. The normalized spacial score (nSPS) is 11.8. The lowest BCUT2D eigenvalue weighted by molar-refractivity contribution is 0.471. The summed E-state index contributed by atoms with van der Waals surface area (Å²) in [4.78, 5) is 5.37. The largest absolute Gasteiger partial charge is 0.428 e. The van der Waals surface area contributed by atoms with Crippen molar-refractivity contribution in [2.75, 3.05) is 5.75 Å². The zero-order valence-electron chi connectivity index (χ0n) is 14.1. The van der Waals surface area contributed by atoms with Crippen LogP contribution < -0.4 is 0 Å². The molecule has 26 heavy (non-hydrogen) atoms. The lowest BCUT2D eigenvalue weighted by atomic mass is 10.3. The van der Waals surface area contributed by atoms with Crippen LogP contribution in [0.5, 0.6) is 0 Å². The van der Waals surface area contributed by atoms with Gasteiger partial charge in [0.15, 0.2) is 0 Å². The Morgan fingerprint density at radius 1 is 1.19 bits per heavy atom. The summed E-state index contributed by atoms with van der Waals surface area (Å²) >= 11 is 6.22. The first-order valence-corrected chi connectivity index (χ1v) is 12.3. The highest BCUT2D eigenvalue weighted by Crippen LogP contribution is 2.36. The smallest absolute Gasteiger partial charge is 0.238 e. The molecule has 138 valence electrons. The number of thioether (sulfide) groups is 1. The molecule has 0 radical (unpaired) electrons. The van der Waals surface area contributed by atoms with Crippen LogP contribution in [-0.2, 0) is 9.84 Å². The van der Waals surface area contributed by atoms with Gasteiger partial charge in [0, 0.05) is 10.2 Å². The number of aromatic nitrogens is 1. The van der Waals surface area contributed by atoms with Crippen molar-refractivity contribution in [3.05, 3.63) is 46.3 Å². The minimum Gasteiger partial charge on any atom is -0.428 e. The first kappa shape index (κ1) is 19.7. The van der Waals surface area contributed by atoms with E-state index in [9.17, 15) is 8.42 Å². The van der Waals surface area contributed by atoms with Gasteiger partial charge in [-0.25, -0.2) is 8.42 Å². The van der Waals surface area contributed by atoms with Gasteiger partial charge in [-0.15, -0.1) is 11.3 Å². The predicted molar refractivity (Wildman–Crippen MR) is 110 cm³/mol. The number of halogens is 1. The summed E-state index contributed by atoms with van der Waals surface area (Å²) in [6, 6.07) is 10.3. The van der Waals surface area contributed by atoms with E-state index in [0.717, 1.165) is 34.4 Å². The Balaban J connectivity index is 1.99. The molecular formula is C18H18BrNO3S3. The van der Waals surface area contributed by atoms with Gasteiger partial charge in [-0.3, -0.25) is 0 Å². The van der Waals surface area contributed by atoms with E-state index in [1.807, 2.05) is 17.5 Å². The number of nitrogens with zero attached hydrogens (tertiary/aromatic N) is 1. The molecule has 0 unspecified atom stereocenters. The summed E-state index contributed by atoms with van der Waals surface area (Å²) in [5.41, 5.74) is 0. The second-order valence-corrected chi connectivity index (χ2v) is 10.4. The molecule has 3 rings (SSSR count). The Morgan fingerprint density at radius 2 is 1.96 bits per heavy atom. The van der Waals surface area contributed by atoms with Gasteiger partial charge in [0.25, 0.3) is 0 Å². The molecule has 1 aromatic carbocycles. The Morgan fingerprint density at radius 3 is 2.62 bits per heavy atom. The number of hydrogen-bond acceptors (Lipinski definition) is 6. The molecule has 0 saturated heterocycles. The van der Waals surface area contributed by atoms with Gasteiger partial charge in [-0.05, 0) is 42.1 Å². The van der Waals surface area contributed by atoms with Crippen molar-refractivity contribution >= 4 is 48.9 Å². The molecule has 0 saturated carbocycles. The summed E-state index contributed by atoms with van der Waals surface area (Å²) in [6.45, 7) is 2.14. The van der Waals surface area contributed by atoms with Crippen LogP contribution in [0.2, 0.25) is 0 Å². The van der Waals surface area contributed by atoms with Gasteiger partial charge < -0.3 is 4.42 Å².